The lowest BCUT2D eigenvalue weighted by molar-refractivity contribution is -0.168. The van der Waals surface area contributed by atoms with Gasteiger partial charge in [0.05, 0.1) is 18.6 Å². The third-order valence-electron chi connectivity index (χ3n) is 4.41. The van der Waals surface area contributed by atoms with E-state index in [1.54, 1.807) is 11.0 Å². The molecule has 0 saturated carbocycles. The molecule has 96 valence electrons. The number of hydrogen-bond donors (Lipinski definition) is 1. The average Bonchev–Trinajstić information content (AvgIpc) is 2.99. The molecule has 1 amide bonds. The number of fused-ring (bicyclic) bond motifs is 2. The molecule has 3 saturated heterocycles. The van der Waals surface area contributed by atoms with Gasteiger partial charge in [0, 0.05) is 6.54 Å². The van der Waals surface area contributed by atoms with Gasteiger partial charge in [-0.05, 0) is 12.5 Å². The summed E-state index contributed by atoms with van der Waals surface area (Å²) in [6, 6.07) is 0. The van der Waals surface area contributed by atoms with Crippen LogP contribution in [0.4, 0.5) is 0 Å². The summed E-state index contributed by atoms with van der Waals surface area (Å²) >= 11 is 0. The number of amides is 1. The SMILES string of the molecule is O=C(O)[C@@H]1[C@@H]2C=C[C@@]3(O2)[C@@H]1C(=O)N1CCCO[C@@H]13. The summed E-state index contributed by atoms with van der Waals surface area (Å²) in [6.07, 6.45) is 3.42. The van der Waals surface area contributed by atoms with E-state index in [1.807, 2.05) is 6.08 Å². The minimum absolute atomic E-state index is 0.140. The quantitative estimate of drug-likeness (QED) is 0.642. The lowest BCUT2D eigenvalue weighted by atomic mass is 9.76. The molecule has 2 bridgehead atoms. The van der Waals surface area contributed by atoms with Crippen LogP contribution in [0.25, 0.3) is 0 Å². The molecule has 1 spiro atoms. The number of carbonyl (C=O) groups excluding carboxylic acids is 1. The van der Waals surface area contributed by atoms with E-state index >= 15 is 0 Å². The van der Waals surface area contributed by atoms with Crippen LogP contribution in [0.2, 0.25) is 0 Å². The van der Waals surface area contributed by atoms with Gasteiger partial charge in [-0.1, -0.05) is 6.08 Å². The highest BCUT2D eigenvalue weighted by Gasteiger charge is 2.72. The summed E-state index contributed by atoms with van der Waals surface area (Å²) in [4.78, 5) is 25.4. The van der Waals surface area contributed by atoms with Crippen LogP contribution in [0.1, 0.15) is 6.42 Å². The molecule has 18 heavy (non-hydrogen) atoms. The van der Waals surface area contributed by atoms with Crippen LogP contribution in [-0.4, -0.2) is 53.0 Å². The fraction of sp³-hybridized carbons (Fsp3) is 0.667. The highest BCUT2D eigenvalue weighted by molar-refractivity contribution is 5.91. The molecule has 0 aromatic rings. The van der Waals surface area contributed by atoms with Gasteiger partial charge in [0.2, 0.25) is 5.91 Å². The minimum Gasteiger partial charge on any atom is -0.481 e. The van der Waals surface area contributed by atoms with E-state index in [9.17, 15) is 14.7 Å². The molecule has 4 heterocycles. The van der Waals surface area contributed by atoms with E-state index in [1.165, 1.54) is 0 Å². The Balaban J connectivity index is 1.82. The summed E-state index contributed by atoms with van der Waals surface area (Å²) in [5.41, 5.74) is -0.870. The number of carbonyl (C=O) groups is 2. The van der Waals surface area contributed by atoms with E-state index in [4.69, 9.17) is 9.47 Å². The van der Waals surface area contributed by atoms with Gasteiger partial charge >= 0.3 is 5.97 Å². The van der Waals surface area contributed by atoms with Gasteiger partial charge in [-0.3, -0.25) is 9.59 Å². The maximum atomic E-state index is 12.4. The lowest BCUT2D eigenvalue weighted by Gasteiger charge is -2.36. The summed E-state index contributed by atoms with van der Waals surface area (Å²) in [5, 5.41) is 9.30. The minimum atomic E-state index is -0.968. The molecule has 0 aromatic heterocycles. The van der Waals surface area contributed by atoms with Gasteiger partial charge in [0.25, 0.3) is 0 Å². The topological polar surface area (TPSA) is 76.1 Å². The Labute approximate surface area is 103 Å². The molecule has 6 nitrogen and oxygen atoms in total. The zero-order valence-electron chi connectivity index (χ0n) is 9.61. The third-order valence-corrected chi connectivity index (χ3v) is 4.41. The second kappa shape index (κ2) is 3.13. The number of aliphatic carboxylic acids is 1. The molecule has 5 atom stereocenters. The Bertz CT molecular complexity index is 475. The van der Waals surface area contributed by atoms with E-state index in [-0.39, 0.29) is 5.91 Å². The summed E-state index contributed by atoms with van der Waals surface area (Å²) < 4.78 is 11.5. The fourth-order valence-electron chi connectivity index (χ4n) is 3.74. The lowest BCUT2D eigenvalue weighted by Crippen LogP contribution is -2.49. The Morgan fingerprint density at radius 3 is 3.17 bits per heavy atom. The molecule has 6 heteroatoms. The Morgan fingerprint density at radius 1 is 1.56 bits per heavy atom. The van der Waals surface area contributed by atoms with Gasteiger partial charge in [-0.2, -0.15) is 0 Å². The number of ether oxygens (including phenoxy) is 2. The predicted molar refractivity (Wildman–Crippen MR) is 57.4 cm³/mol. The van der Waals surface area contributed by atoms with Crippen LogP contribution in [0.5, 0.6) is 0 Å². The monoisotopic (exact) mass is 251 g/mol. The standard InChI is InChI=1S/C12H13NO5/c14-9-8-7(10(15)16)6-2-3-12(8,18-6)11-13(9)4-1-5-17-11/h2-3,6-8,11H,1,4-5H2,(H,15,16)/t6-,7+,8-,11+,12+/m0/s1. The van der Waals surface area contributed by atoms with Gasteiger partial charge in [0.15, 0.2) is 6.23 Å². The highest BCUT2D eigenvalue weighted by Crippen LogP contribution is 2.55. The van der Waals surface area contributed by atoms with Crippen LogP contribution in [0.3, 0.4) is 0 Å². The number of rotatable bonds is 1. The number of carboxylic acid groups (broad SMARTS) is 1. The maximum Gasteiger partial charge on any atom is 0.310 e. The van der Waals surface area contributed by atoms with Crippen LogP contribution < -0.4 is 0 Å². The molecule has 4 aliphatic rings. The molecule has 3 fully saturated rings. The first-order valence-electron chi connectivity index (χ1n) is 6.17. The van der Waals surface area contributed by atoms with Gasteiger partial charge in [-0.25, -0.2) is 0 Å². The van der Waals surface area contributed by atoms with Crippen molar-refractivity contribution in [3.8, 4) is 0 Å². The second-order valence-electron chi connectivity index (χ2n) is 5.25. The molecular weight excluding hydrogens is 238 g/mol. The van der Waals surface area contributed by atoms with Gasteiger partial charge in [0.1, 0.15) is 11.5 Å². The van der Waals surface area contributed by atoms with E-state index < -0.39 is 35.7 Å². The number of hydrogen-bond acceptors (Lipinski definition) is 4. The molecule has 4 rings (SSSR count). The smallest absolute Gasteiger partial charge is 0.310 e. The highest BCUT2D eigenvalue weighted by atomic mass is 16.6. The largest absolute Gasteiger partial charge is 0.481 e. The zero-order chi connectivity index (χ0) is 12.5. The van der Waals surface area contributed by atoms with Gasteiger partial charge in [-0.15, -0.1) is 0 Å². The fourth-order valence-corrected chi connectivity index (χ4v) is 3.74. The van der Waals surface area contributed by atoms with Crippen molar-refractivity contribution < 1.29 is 24.2 Å². The Kier molecular flexibility index (Phi) is 1.83. The van der Waals surface area contributed by atoms with Crippen LogP contribution >= 0.6 is 0 Å². The predicted octanol–water partition coefficient (Wildman–Crippen LogP) is -0.401. The second-order valence-corrected chi connectivity index (χ2v) is 5.25. The molecule has 0 aliphatic carbocycles. The summed E-state index contributed by atoms with van der Waals surface area (Å²) in [5.74, 6) is -2.52. The summed E-state index contributed by atoms with van der Waals surface area (Å²) in [6.45, 7) is 1.21. The van der Waals surface area contributed by atoms with Crippen molar-refractivity contribution in [1.29, 1.82) is 0 Å². The van der Waals surface area contributed by atoms with Crippen molar-refractivity contribution in [2.75, 3.05) is 13.2 Å². The Hall–Kier alpha value is -1.40. The van der Waals surface area contributed by atoms with Crippen molar-refractivity contribution in [3.63, 3.8) is 0 Å². The molecular formula is C12H13NO5. The summed E-state index contributed by atoms with van der Waals surface area (Å²) in [7, 11) is 0. The molecule has 0 aromatic carbocycles. The van der Waals surface area contributed by atoms with Crippen LogP contribution in [0.15, 0.2) is 12.2 Å². The third kappa shape index (κ3) is 0.976. The zero-order valence-corrected chi connectivity index (χ0v) is 9.61. The first-order chi connectivity index (χ1) is 8.65. The normalized spacial score (nSPS) is 48.4. The van der Waals surface area contributed by atoms with E-state index in [0.717, 1.165) is 6.42 Å². The van der Waals surface area contributed by atoms with Crippen molar-refractivity contribution in [1.82, 2.24) is 4.90 Å². The van der Waals surface area contributed by atoms with E-state index in [2.05, 4.69) is 0 Å². The Morgan fingerprint density at radius 2 is 2.39 bits per heavy atom. The first kappa shape index (κ1) is 10.5. The van der Waals surface area contributed by atoms with Crippen molar-refractivity contribution in [2.45, 2.75) is 24.4 Å². The average molecular weight is 251 g/mol. The molecule has 1 N–H and O–H groups in total. The van der Waals surface area contributed by atoms with Crippen molar-refractivity contribution in [2.24, 2.45) is 11.8 Å². The molecule has 0 radical (unpaired) electrons. The molecule has 4 aliphatic heterocycles. The number of carboxylic acids is 1. The van der Waals surface area contributed by atoms with Crippen molar-refractivity contribution in [3.05, 3.63) is 12.2 Å². The van der Waals surface area contributed by atoms with E-state index in [0.29, 0.717) is 13.2 Å². The maximum absolute atomic E-state index is 12.4. The van der Waals surface area contributed by atoms with Crippen LogP contribution in [-0.2, 0) is 19.1 Å². The van der Waals surface area contributed by atoms with Crippen LogP contribution in [0, 0.1) is 11.8 Å². The molecule has 0 unspecified atom stereocenters. The number of nitrogens with zero attached hydrogens (tertiary/aromatic N) is 1. The van der Waals surface area contributed by atoms with Gasteiger partial charge < -0.3 is 19.5 Å². The first-order valence-corrected chi connectivity index (χ1v) is 6.17. The van der Waals surface area contributed by atoms with Crippen molar-refractivity contribution >= 4 is 11.9 Å².